The van der Waals surface area contributed by atoms with Crippen LogP contribution in [0.15, 0.2) is 60.4 Å². The lowest BCUT2D eigenvalue weighted by atomic mass is 10.0. The molecule has 0 aliphatic carbocycles. The third kappa shape index (κ3) is 5.84. The first-order valence-electron chi connectivity index (χ1n) is 8.48. The molecule has 0 spiro atoms. The normalized spacial score (nSPS) is 12.0. The van der Waals surface area contributed by atoms with Gasteiger partial charge in [-0.2, -0.15) is 0 Å². The zero-order valence-electron chi connectivity index (χ0n) is 15.4. The Morgan fingerprint density at radius 2 is 1.61 bits per heavy atom. The van der Waals surface area contributed by atoms with Gasteiger partial charge < -0.3 is 25.2 Å². The van der Waals surface area contributed by atoms with Crippen molar-refractivity contribution in [3.63, 3.8) is 0 Å². The van der Waals surface area contributed by atoms with Gasteiger partial charge in [0.25, 0.3) is 0 Å². The van der Waals surface area contributed by atoms with Crippen LogP contribution in [0.25, 0.3) is 12.2 Å². The minimum atomic E-state index is -0.416. The number of hydrogen-bond donors (Lipinski definition) is 4. The summed E-state index contributed by atoms with van der Waals surface area (Å²) in [5.41, 5.74) is 2.59. The molecule has 0 heterocycles. The molecule has 0 aliphatic heterocycles. The number of carbonyl (C=O) groups excluding carboxylic acids is 1. The van der Waals surface area contributed by atoms with Crippen LogP contribution in [-0.4, -0.2) is 33.3 Å². The number of ketones is 1. The molecule has 0 aromatic heterocycles. The predicted molar refractivity (Wildman–Crippen MR) is 107 cm³/mol. The summed E-state index contributed by atoms with van der Waals surface area (Å²) >= 11 is 0. The van der Waals surface area contributed by atoms with Crippen LogP contribution in [0.4, 0.5) is 0 Å². The molecule has 28 heavy (non-hydrogen) atoms. The highest BCUT2D eigenvalue weighted by molar-refractivity contribution is 6.02. The van der Waals surface area contributed by atoms with Crippen LogP contribution in [0.5, 0.6) is 11.5 Å². The van der Waals surface area contributed by atoms with Crippen molar-refractivity contribution < 1.29 is 30.0 Å². The van der Waals surface area contributed by atoms with E-state index in [1.54, 1.807) is 42.5 Å². The van der Waals surface area contributed by atoms with Crippen molar-refractivity contribution in [2.24, 2.45) is 0 Å². The lowest BCUT2D eigenvalue weighted by Crippen LogP contribution is -1.94. The molecule has 0 saturated carbocycles. The maximum Gasteiger partial charge on any atom is 0.182 e. The lowest BCUT2D eigenvalue weighted by Gasteiger charge is -2.05. The summed E-state index contributed by atoms with van der Waals surface area (Å²) in [7, 11) is 1.43. The van der Waals surface area contributed by atoms with Gasteiger partial charge in [-0.3, -0.25) is 4.79 Å². The maximum absolute atomic E-state index is 11.9. The van der Waals surface area contributed by atoms with Crippen LogP contribution in [0.3, 0.4) is 0 Å². The molecule has 0 amide bonds. The Hall–Kier alpha value is -3.35. The van der Waals surface area contributed by atoms with E-state index in [4.69, 9.17) is 4.74 Å². The minimum absolute atomic E-state index is 0.00466. The Balaban J connectivity index is 2.06. The molecule has 0 radical (unpaired) electrons. The Morgan fingerprint density at radius 3 is 2.29 bits per heavy atom. The number of allylic oxidation sites excluding steroid dienone is 3. The molecular weight excluding hydrogens is 360 g/mol. The summed E-state index contributed by atoms with van der Waals surface area (Å²) in [6.45, 7) is -0.372. The van der Waals surface area contributed by atoms with Crippen molar-refractivity contribution in [1.82, 2.24) is 0 Å². The number of aliphatic hydroxyl groups is 3. The molecule has 0 bridgehead atoms. The molecule has 2 rings (SSSR count). The van der Waals surface area contributed by atoms with Gasteiger partial charge in [0.05, 0.1) is 20.3 Å². The van der Waals surface area contributed by atoms with E-state index in [1.807, 2.05) is 0 Å². The van der Waals surface area contributed by atoms with Crippen molar-refractivity contribution in [2.45, 2.75) is 13.2 Å². The van der Waals surface area contributed by atoms with E-state index in [9.17, 15) is 25.2 Å². The van der Waals surface area contributed by atoms with Gasteiger partial charge in [0, 0.05) is 6.08 Å². The van der Waals surface area contributed by atoms with Gasteiger partial charge in [0.2, 0.25) is 0 Å². The fourth-order valence-corrected chi connectivity index (χ4v) is 2.45. The summed E-state index contributed by atoms with van der Waals surface area (Å²) < 4.78 is 5.00. The van der Waals surface area contributed by atoms with Crippen LogP contribution in [0, 0.1) is 0 Å². The molecule has 6 nitrogen and oxygen atoms in total. The average Bonchev–Trinajstić information content (AvgIpc) is 2.71. The predicted octanol–water partition coefficient (Wildman–Crippen LogP) is 3.12. The molecule has 2 aromatic rings. The van der Waals surface area contributed by atoms with Gasteiger partial charge in [0.15, 0.2) is 17.3 Å². The second-order valence-corrected chi connectivity index (χ2v) is 5.91. The zero-order chi connectivity index (χ0) is 20.5. The molecule has 4 N–H and O–H groups in total. The van der Waals surface area contributed by atoms with Gasteiger partial charge in [0.1, 0.15) is 5.76 Å². The van der Waals surface area contributed by atoms with E-state index in [2.05, 4.69) is 0 Å². The fourth-order valence-electron chi connectivity index (χ4n) is 2.45. The molecule has 146 valence electrons. The van der Waals surface area contributed by atoms with E-state index in [0.717, 1.165) is 6.08 Å². The topological polar surface area (TPSA) is 107 Å². The van der Waals surface area contributed by atoms with Crippen LogP contribution in [0.2, 0.25) is 0 Å². The maximum atomic E-state index is 11.9. The third-order valence-corrected chi connectivity index (χ3v) is 3.95. The second kappa shape index (κ2) is 10.1. The van der Waals surface area contributed by atoms with E-state index in [1.165, 1.54) is 25.3 Å². The van der Waals surface area contributed by atoms with Crippen molar-refractivity contribution in [1.29, 1.82) is 0 Å². The summed E-state index contributed by atoms with van der Waals surface area (Å²) in [6, 6.07) is 9.77. The van der Waals surface area contributed by atoms with Gasteiger partial charge >= 0.3 is 0 Å². The average molecular weight is 382 g/mol. The van der Waals surface area contributed by atoms with Crippen LogP contribution in [0.1, 0.15) is 22.3 Å². The summed E-state index contributed by atoms with van der Waals surface area (Å²) in [6.07, 6.45) is 6.85. The third-order valence-electron chi connectivity index (χ3n) is 3.95. The molecular formula is C22H22O6. The Bertz CT molecular complexity index is 925. The fraction of sp³-hybridized carbons (Fsp3) is 0.136. The smallest absolute Gasteiger partial charge is 0.182 e. The summed E-state index contributed by atoms with van der Waals surface area (Å²) in [5.74, 6) is -0.342. The number of methoxy groups -OCH3 is 1. The van der Waals surface area contributed by atoms with Crippen molar-refractivity contribution >= 4 is 17.9 Å². The molecule has 0 saturated heterocycles. The van der Waals surface area contributed by atoms with Gasteiger partial charge in [-0.05, 0) is 52.6 Å². The molecule has 0 unspecified atom stereocenters. The highest BCUT2D eigenvalue weighted by Crippen LogP contribution is 2.26. The highest BCUT2D eigenvalue weighted by Gasteiger charge is 2.02. The van der Waals surface area contributed by atoms with Crippen molar-refractivity contribution in [3.05, 3.63) is 82.6 Å². The Kier molecular flexibility index (Phi) is 7.56. The SMILES string of the molecule is COc1cc(/C=C/C(=O)C=C(O)/C=C/c2ccc(CO)c(CO)c2)ccc1O. The Labute approximate surface area is 163 Å². The number of benzene rings is 2. The highest BCUT2D eigenvalue weighted by atomic mass is 16.5. The van der Waals surface area contributed by atoms with Crippen molar-refractivity contribution in [3.8, 4) is 11.5 Å². The molecule has 0 atom stereocenters. The molecule has 2 aromatic carbocycles. The van der Waals surface area contributed by atoms with Gasteiger partial charge in [-0.15, -0.1) is 0 Å². The standard InChI is InChI=1S/C22H22O6/c1-28-22-11-16(5-9-21(22)27)4-8-20(26)12-19(25)7-3-15-2-6-17(13-23)18(10-15)14-24/h2-12,23-25,27H,13-14H2,1H3/b7-3+,8-4+,19-12?. The number of phenols is 1. The van der Waals surface area contributed by atoms with Gasteiger partial charge in [-0.25, -0.2) is 0 Å². The first kappa shape index (κ1) is 21.0. The molecule has 0 fully saturated rings. The number of carbonyl (C=O) groups is 1. The van der Waals surface area contributed by atoms with Crippen LogP contribution < -0.4 is 4.74 Å². The largest absolute Gasteiger partial charge is 0.508 e. The van der Waals surface area contributed by atoms with E-state index < -0.39 is 5.78 Å². The van der Waals surface area contributed by atoms with Crippen LogP contribution >= 0.6 is 0 Å². The summed E-state index contributed by atoms with van der Waals surface area (Å²) in [5, 5.41) is 37.9. The quantitative estimate of drug-likeness (QED) is 0.317. The molecule has 0 aliphatic rings. The van der Waals surface area contributed by atoms with E-state index in [0.29, 0.717) is 28.0 Å². The molecule has 6 heteroatoms. The number of hydrogen-bond acceptors (Lipinski definition) is 6. The van der Waals surface area contributed by atoms with E-state index >= 15 is 0 Å². The minimum Gasteiger partial charge on any atom is -0.508 e. The van der Waals surface area contributed by atoms with E-state index in [-0.39, 0.29) is 24.7 Å². The number of ether oxygens (including phenoxy) is 1. The Morgan fingerprint density at radius 1 is 0.964 bits per heavy atom. The van der Waals surface area contributed by atoms with Crippen LogP contribution in [-0.2, 0) is 18.0 Å². The number of aliphatic hydroxyl groups excluding tert-OH is 3. The monoisotopic (exact) mass is 382 g/mol. The summed E-state index contributed by atoms with van der Waals surface area (Å²) in [4.78, 5) is 11.9. The van der Waals surface area contributed by atoms with Gasteiger partial charge in [-0.1, -0.05) is 30.4 Å². The first-order chi connectivity index (χ1) is 13.5. The number of phenolic OH excluding ortho intramolecular Hbond substituents is 1. The van der Waals surface area contributed by atoms with Crippen molar-refractivity contribution in [2.75, 3.05) is 7.11 Å². The number of rotatable bonds is 8. The lowest BCUT2D eigenvalue weighted by molar-refractivity contribution is -0.110. The second-order valence-electron chi connectivity index (χ2n) is 5.91. The zero-order valence-corrected chi connectivity index (χ0v) is 15.4. The number of aromatic hydroxyl groups is 1. The first-order valence-corrected chi connectivity index (χ1v) is 8.48.